The van der Waals surface area contributed by atoms with Gasteiger partial charge in [-0.05, 0) is 54.9 Å². The Labute approximate surface area is 124 Å². The van der Waals surface area contributed by atoms with Gasteiger partial charge in [-0.2, -0.15) is 0 Å². The Kier molecular flexibility index (Phi) is 5.23. The highest BCUT2D eigenvalue weighted by Gasteiger charge is 2.19. The number of hydrogen-bond acceptors (Lipinski definition) is 5. The Morgan fingerprint density at radius 3 is 2.60 bits per heavy atom. The van der Waals surface area contributed by atoms with E-state index in [-0.39, 0.29) is 6.04 Å². The van der Waals surface area contributed by atoms with E-state index in [9.17, 15) is 0 Å². The third-order valence-electron chi connectivity index (χ3n) is 3.64. The number of nitrogens with one attached hydrogen (secondary N) is 1. The van der Waals surface area contributed by atoms with Gasteiger partial charge in [0.15, 0.2) is 0 Å². The molecule has 1 atom stereocenters. The number of aromatic nitrogens is 2. The van der Waals surface area contributed by atoms with Gasteiger partial charge in [-0.25, -0.2) is 0 Å². The summed E-state index contributed by atoms with van der Waals surface area (Å²) in [6.07, 6.45) is 2.89. The van der Waals surface area contributed by atoms with Crippen molar-refractivity contribution in [2.24, 2.45) is 5.84 Å². The van der Waals surface area contributed by atoms with E-state index >= 15 is 0 Å². The van der Waals surface area contributed by atoms with Gasteiger partial charge in [-0.1, -0.05) is 36.0 Å². The molecule has 0 bridgehead atoms. The van der Waals surface area contributed by atoms with Crippen LogP contribution in [-0.2, 0) is 12.8 Å². The van der Waals surface area contributed by atoms with Gasteiger partial charge in [0.25, 0.3) is 0 Å². The van der Waals surface area contributed by atoms with Gasteiger partial charge in [0, 0.05) is 0 Å². The Morgan fingerprint density at radius 1 is 1.30 bits per heavy atom. The fourth-order valence-electron chi connectivity index (χ4n) is 2.49. The molecule has 5 heteroatoms. The maximum Gasteiger partial charge on any atom is 0.0804 e. The summed E-state index contributed by atoms with van der Waals surface area (Å²) in [5.74, 6) is 5.78. The van der Waals surface area contributed by atoms with Crippen LogP contribution in [0.3, 0.4) is 0 Å². The molecular weight excluding hydrogens is 268 g/mol. The van der Waals surface area contributed by atoms with Crippen molar-refractivity contribution in [2.45, 2.75) is 46.1 Å². The third-order valence-corrected chi connectivity index (χ3v) is 4.52. The maximum absolute atomic E-state index is 5.78. The Morgan fingerprint density at radius 2 is 2.00 bits per heavy atom. The van der Waals surface area contributed by atoms with E-state index in [0.29, 0.717) is 0 Å². The lowest BCUT2D eigenvalue weighted by molar-refractivity contribution is 0.551. The van der Waals surface area contributed by atoms with Crippen molar-refractivity contribution in [2.75, 3.05) is 0 Å². The first-order valence-corrected chi connectivity index (χ1v) is 7.77. The number of aryl methyl sites for hydroxylation is 3. The van der Waals surface area contributed by atoms with E-state index in [1.54, 1.807) is 0 Å². The minimum atomic E-state index is 0.0800. The molecule has 0 saturated carbocycles. The van der Waals surface area contributed by atoms with Gasteiger partial charge < -0.3 is 0 Å². The highest BCUT2D eigenvalue weighted by atomic mass is 32.1. The van der Waals surface area contributed by atoms with Gasteiger partial charge in [-0.3, -0.25) is 11.3 Å². The molecule has 0 saturated heterocycles. The van der Waals surface area contributed by atoms with Crippen LogP contribution < -0.4 is 11.3 Å². The third kappa shape index (κ3) is 3.23. The van der Waals surface area contributed by atoms with Crippen molar-refractivity contribution in [1.29, 1.82) is 0 Å². The van der Waals surface area contributed by atoms with Crippen molar-refractivity contribution < 1.29 is 0 Å². The molecule has 0 radical (unpaired) electrons. The molecule has 1 heterocycles. The van der Waals surface area contributed by atoms with Gasteiger partial charge >= 0.3 is 0 Å². The number of nitrogens with two attached hydrogens (primary N) is 1. The van der Waals surface area contributed by atoms with Crippen molar-refractivity contribution in [1.82, 2.24) is 15.0 Å². The molecule has 0 fully saturated rings. The SMILES string of the molecule is CCCc1nnsc1C(Cc1c(C)cccc1C)NN. The molecule has 0 aliphatic rings. The van der Waals surface area contributed by atoms with E-state index in [0.717, 1.165) is 29.8 Å². The first-order valence-electron chi connectivity index (χ1n) is 6.99. The molecule has 0 aliphatic heterocycles. The van der Waals surface area contributed by atoms with Gasteiger partial charge in [0.2, 0.25) is 0 Å². The molecule has 20 heavy (non-hydrogen) atoms. The largest absolute Gasteiger partial charge is 0.271 e. The van der Waals surface area contributed by atoms with Crippen LogP contribution >= 0.6 is 11.5 Å². The predicted molar refractivity (Wildman–Crippen MR) is 83.6 cm³/mol. The summed E-state index contributed by atoms with van der Waals surface area (Å²) in [5, 5.41) is 4.23. The molecule has 1 aromatic heterocycles. The van der Waals surface area contributed by atoms with Crippen molar-refractivity contribution in [3.8, 4) is 0 Å². The van der Waals surface area contributed by atoms with E-state index < -0.39 is 0 Å². The zero-order valence-corrected chi connectivity index (χ0v) is 13.1. The van der Waals surface area contributed by atoms with Crippen LogP contribution in [0, 0.1) is 13.8 Å². The number of hydrogen-bond donors (Lipinski definition) is 2. The number of benzene rings is 1. The lowest BCUT2D eigenvalue weighted by Gasteiger charge is -2.18. The predicted octanol–water partition coefficient (Wildman–Crippen LogP) is 2.85. The van der Waals surface area contributed by atoms with E-state index in [2.05, 4.69) is 54.0 Å². The molecule has 2 rings (SSSR count). The van der Waals surface area contributed by atoms with Crippen molar-refractivity contribution >= 4 is 11.5 Å². The van der Waals surface area contributed by atoms with Crippen molar-refractivity contribution in [3.05, 3.63) is 45.5 Å². The average molecular weight is 290 g/mol. The lowest BCUT2D eigenvalue weighted by Crippen LogP contribution is -2.30. The Balaban J connectivity index is 2.27. The summed E-state index contributed by atoms with van der Waals surface area (Å²) in [5.41, 5.74) is 7.98. The minimum Gasteiger partial charge on any atom is -0.271 e. The highest BCUT2D eigenvalue weighted by molar-refractivity contribution is 7.05. The average Bonchev–Trinajstić information content (AvgIpc) is 2.87. The van der Waals surface area contributed by atoms with Crippen LogP contribution in [0.25, 0.3) is 0 Å². The quantitative estimate of drug-likeness (QED) is 0.634. The molecule has 0 spiro atoms. The monoisotopic (exact) mass is 290 g/mol. The maximum atomic E-state index is 5.78. The minimum absolute atomic E-state index is 0.0800. The lowest BCUT2D eigenvalue weighted by atomic mass is 9.95. The zero-order valence-electron chi connectivity index (χ0n) is 12.3. The summed E-state index contributed by atoms with van der Waals surface area (Å²) in [6, 6.07) is 6.47. The van der Waals surface area contributed by atoms with E-state index in [1.165, 1.54) is 28.2 Å². The van der Waals surface area contributed by atoms with Crippen molar-refractivity contribution in [3.63, 3.8) is 0 Å². The second-order valence-corrected chi connectivity index (χ2v) is 5.91. The van der Waals surface area contributed by atoms with Crippen LogP contribution in [-0.4, -0.2) is 9.59 Å². The summed E-state index contributed by atoms with van der Waals surface area (Å²) < 4.78 is 4.09. The number of hydrazine groups is 1. The first kappa shape index (κ1) is 15.1. The first-order chi connectivity index (χ1) is 9.67. The zero-order chi connectivity index (χ0) is 14.5. The molecule has 3 N–H and O–H groups in total. The van der Waals surface area contributed by atoms with Gasteiger partial charge in [0.1, 0.15) is 0 Å². The Hall–Kier alpha value is -1.30. The van der Waals surface area contributed by atoms with E-state index in [4.69, 9.17) is 5.84 Å². The molecule has 2 aromatic rings. The van der Waals surface area contributed by atoms with Crippen LogP contribution in [0.5, 0.6) is 0 Å². The molecule has 0 aliphatic carbocycles. The van der Waals surface area contributed by atoms with E-state index in [1.807, 2.05) is 0 Å². The summed E-state index contributed by atoms with van der Waals surface area (Å²) in [4.78, 5) is 1.16. The topological polar surface area (TPSA) is 63.8 Å². The van der Waals surface area contributed by atoms with Gasteiger partial charge in [-0.15, -0.1) is 5.10 Å². The molecular formula is C15H22N4S. The molecule has 0 amide bonds. The summed E-state index contributed by atoms with van der Waals surface area (Å²) in [6.45, 7) is 6.45. The Bertz CT molecular complexity index is 545. The molecule has 1 aromatic carbocycles. The fourth-order valence-corrected chi connectivity index (χ4v) is 3.25. The summed E-state index contributed by atoms with van der Waals surface area (Å²) in [7, 11) is 0. The van der Waals surface area contributed by atoms with Crippen LogP contribution in [0.2, 0.25) is 0 Å². The number of rotatable bonds is 6. The van der Waals surface area contributed by atoms with Crippen LogP contribution in [0.4, 0.5) is 0 Å². The smallest absolute Gasteiger partial charge is 0.0804 e. The fraction of sp³-hybridized carbons (Fsp3) is 0.467. The molecule has 1 unspecified atom stereocenters. The number of nitrogens with zero attached hydrogens (tertiary/aromatic N) is 2. The second-order valence-electron chi connectivity index (χ2n) is 5.13. The van der Waals surface area contributed by atoms with Gasteiger partial charge in [0.05, 0.1) is 16.6 Å². The van der Waals surface area contributed by atoms with Crippen LogP contribution in [0.1, 0.15) is 46.6 Å². The normalized spacial score (nSPS) is 12.6. The molecule has 108 valence electrons. The second kappa shape index (κ2) is 6.92. The standard InChI is InChI=1S/C15H22N4S/c1-4-6-13-15(20-19-18-13)14(17-16)9-12-10(2)7-5-8-11(12)3/h5,7-8,14,17H,4,6,9,16H2,1-3H3. The summed E-state index contributed by atoms with van der Waals surface area (Å²) >= 11 is 1.45. The highest BCUT2D eigenvalue weighted by Crippen LogP contribution is 2.27. The van der Waals surface area contributed by atoms with Crippen LogP contribution in [0.15, 0.2) is 18.2 Å². The molecule has 4 nitrogen and oxygen atoms in total.